The highest BCUT2D eigenvalue weighted by molar-refractivity contribution is 5.41. The summed E-state index contributed by atoms with van der Waals surface area (Å²) in [4.78, 5) is 10.7. The zero-order valence-corrected chi connectivity index (χ0v) is 10.5. The molecule has 2 rings (SSSR count). The van der Waals surface area contributed by atoms with E-state index in [0.29, 0.717) is 18.5 Å². The van der Waals surface area contributed by atoms with Crippen LogP contribution in [-0.2, 0) is 0 Å². The first-order chi connectivity index (χ1) is 8.29. The molecule has 0 saturated carbocycles. The average Bonchev–Trinajstić information content (AvgIpc) is 2.37. The number of nitrogens with one attached hydrogen (secondary N) is 1. The van der Waals surface area contributed by atoms with E-state index in [1.54, 1.807) is 6.33 Å². The summed E-state index contributed by atoms with van der Waals surface area (Å²) >= 11 is 0. The van der Waals surface area contributed by atoms with Gasteiger partial charge < -0.3 is 15.0 Å². The van der Waals surface area contributed by atoms with Gasteiger partial charge in [-0.3, -0.25) is 0 Å². The van der Waals surface area contributed by atoms with Crippen LogP contribution in [0.5, 0.6) is 5.88 Å². The van der Waals surface area contributed by atoms with Crippen LogP contribution in [0.4, 0.5) is 5.82 Å². The van der Waals surface area contributed by atoms with Crippen LogP contribution in [-0.4, -0.2) is 42.3 Å². The third-order valence-corrected chi connectivity index (χ3v) is 2.77. The predicted octanol–water partition coefficient (Wildman–Crippen LogP) is 1.06. The topological polar surface area (TPSA) is 50.3 Å². The number of aromatic nitrogens is 2. The third kappa shape index (κ3) is 3.30. The number of hydrogen-bond donors (Lipinski definition) is 1. The smallest absolute Gasteiger partial charge is 0.218 e. The van der Waals surface area contributed by atoms with Crippen LogP contribution in [0.15, 0.2) is 12.4 Å². The molecule has 1 aliphatic heterocycles. The first-order valence-electron chi connectivity index (χ1n) is 6.22. The molecule has 5 heteroatoms. The molecular formula is C12H20N4O. The van der Waals surface area contributed by atoms with E-state index in [0.717, 1.165) is 31.9 Å². The second-order valence-corrected chi connectivity index (χ2v) is 4.36. The van der Waals surface area contributed by atoms with Gasteiger partial charge in [0.1, 0.15) is 12.1 Å². The van der Waals surface area contributed by atoms with E-state index >= 15 is 0 Å². The molecule has 0 unspecified atom stereocenters. The van der Waals surface area contributed by atoms with Crippen molar-refractivity contribution in [1.29, 1.82) is 0 Å². The Morgan fingerprint density at radius 1 is 1.53 bits per heavy atom. The molecule has 1 aromatic rings. The van der Waals surface area contributed by atoms with E-state index in [1.807, 2.05) is 6.07 Å². The molecule has 1 saturated heterocycles. The van der Waals surface area contributed by atoms with Crippen molar-refractivity contribution in [2.75, 3.05) is 31.1 Å². The molecule has 2 heterocycles. The molecule has 0 radical (unpaired) electrons. The molecule has 94 valence electrons. The van der Waals surface area contributed by atoms with Gasteiger partial charge in [0.25, 0.3) is 0 Å². The summed E-state index contributed by atoms with van der Waals surface area (Å²) in [5.41, 5.74) is 0. The van der Waals surface area contributed by atoms with Crippen molar-refractivity contribution in [3.63, 3.8) is 0 Å². The van der Waals surface area contributed by atoms with E-state index in [1.165, 1.54) is 0 Å². The van der Waals surface area contributed by atoms with Crippen molar-refractivity contribution in [2.24, 2.45) is 0 Å². The molecule has 1 aromatic heterocycles. The molecule has 5 nitrogen and oxygen atoms in total. The minimum absolute atomic E-state index is 0.499. The summed E-state index contributed by atoms with van der Waals surface area (Å²) in [6.07, 6.45) is 2.57. The highest BCUT2D eigenvalue weighted by Crippen LogP contribution is 2.17. The van der Waals surface area contributed by atoms with E-state index in [4.69, 9.17) is 4.74 Å². The third-order valence-electron chi connectivity index (χ3n) is 2.77. The summed E-state index contributed by atoms with van der Waals surface area (Å²) in [7, 11) is 0. The SMILES string of the molecule is CCCOc1cc(N2CCN[C@@H](C)C2)ncn1. The lowest BCUT2D eigenvalue weighted by Crippen LogP contribution is -2.49. The van der Waals surface area contributed by atoms with Gasteiger partial charge in [0.15, 0.2) is 0 Å². The van der Waals surface area contributed by atoms with Crippen molar-refractivity contribution in [3.8, 4) is 5.88 Å². The Hall–Kier alpha value is -1.36. The number of nitrogens with zero attached hydrogens (tertiary/aromatic N) is 3. The molecule has 0 aliphatic carbocycles. The van der Waals surface area contributed by atoms with Crippen LogP contribution in [0.2, 0.25) is 0 Å². The fraction of sp³-hybridized carbons (Fsp3) is 0.667. The van der Waals surface area contributed by atoms with Crippen molar-refractivity contribution < 1.29 is 4.74 Å². The van der Waals surface area contributed by atoms with Gasteiger partial charge >= 0.3 is 0 Å². The number of piperazine rings is 1. The van der Waals surface area contributed by atoms with Crippen LogP contribution in [0.1, 0.15) is 20.3 Å². The van der Waals surface area contributed by atoms with E-state index in [-0.39, 0.29) is 0 Å². The second kappa shape index (κ2) is 5.82. The summed E-state index contributed by atoms with van der Waals surface area (Å²) < 4.78 is 5.52. The van der Waals surface area contributed by atoms with Crippen molar-refractivity contribution in [3.05, 3.63) is 12.4 Å². The zero-order valence-electron chi connectivity index (χ0n) is 10.5. The summed E-state index contributed by atoms with van der Waals surface area (Å²) in [6.45, 7) is 7.92. The van der Waals surface area contributed by atoms with E-state index in [2.05, 4.69) is 34.0 Å². The second-order valence-electron chi connectivity index (χ2n) is 4.36. The Kier molecular flexibility index (Phi) is 4.14. The molecule has 0 spiro atoms. The fourth-order valence-electron chi connectivity index (χ4n) is 1.93. The lowest BCUT2D eigenvalue weighted by Gasteiger charge is -2.32. The summed E-state index contributed by atoms with van der Waals surface area (Å²) in [5.74, 6) is 1.63. The maximum absolute atomic E-state index is 5.52. The molecule has 1 N–H and O–H groups in total. The van der Waals surface area contributed by atoms with Crippen LogP contribution in [0.25, 0.3) is 0 Å². The molecule has 0 amide bonds. The van der Waals surface area contributed by atoms with Gasteiger partial charge in [-0.2, -0.15) is 0 Å². The van der Waals surface area contributed by atoms with Gasteiger partial charge in [-0.25, -0.2) is 9.97 Å². The summed E-state index contributed by atoms with van der Waals surface area (Å²) in [6, 6.07) is 2.42. The Morgan fingerprint density at radius 3 is 3.18 bits per heavy atom. The number of ether oxygens (including phenoxy) is 1. The van der Waals surface area contributed by atoms with E-state index < -0.39 is 0 Å². The van der Waals surface area contributed by atoms with Crippen molar-refractivity contribution in [1.82, 2.24) is 15.3 Å². The van der Waals surface area contributed by atoms with Gasteiger partial charge in [0.05, 0.1) is 6.61 Å². The highest BCUT2D eigenvalue weighted by Gasteiger charge is 2.17. The monoisotopic (exact) mass is 236 g/mol. The first kappa shape index (κ1) is 12.1. The summed E-state index contributed by atoms with van der Waals surface area (Å²) in [5, 5.41) is 3.41. The molecule has 1 atom stereocenters. The molecular weight excluding hydrogens is 216 g/mol. The Morgan fingerprint density at radius 2 is 2.41 bits per heavy atom. The standard InChI is InChI=1S/C12H20N4O/c1-3-6-17-12-7-11(14-9-15-12)16-5-4-13-10(2)8-16/h7,9-10,13H,3-6,8H2,1-2H3/t10-/m0/s1. The zero-order chi connectivity index (χ0) is 12.1. The Bertz CT molecular complexity index is 358. The minimum atomic E-state index is 0.499. The number of hydrogen-bond acceptors (Lipinski definition) is 5. The number of anilines is 1. The number of rotatable bonds is 4. The van der Waals surface area contributed by atoms with Crippen molar-refractivity contribution in [2.45, 2.75) is 26.3 Å². The van der Waals surface area contributed by atoms with Gasteiger partial charge in [-0.05, 0) is 13.3 Å². The molecule has 1 fully saturated rings. The Balaban J connectivity index is 2.04. The highest BCUT2D eigenvalue weighted by atomic mass is 16.5. The predicted molar refractivity (Wildman–Crippen MR) is 67.5 cm³/mol. The molecule has 0 bridgehead atoms. The van der Waals surface area contributed by atoms with Crippen LogP contribution in [0.3, 0.4) is 0 Å². The lowest BCUT2D eigenvalue weighted by molar-refractivity contribution is 0.304. The normalized spacial score (nSPS) is 20.4. The molecule has 0 aromatic carbocycles. The van der Waals surface area contributed by atoms with Gasteiger partial charge in [0, 0.05) is 31.7 Å². The molecule has 17 heavy (non-hydrogen) atoms. The van der Waals surface area contributed by atoms with Crippen LogP contribution >= 0.6 is 0 Å². The quantitative estimate of drug-likeness (QED) is 0.847. The van der Waals surface area contributed by atoms with Gasteiger partial charge in [-0.15, -0.1) is 0 Å². The van der Waals surface area contributed by atoms with Crippen molar-refractivity contribution >= 4 is 5.82 Å². The lowest BCUT2D eigenvalue weighted by atomic mass is 10.2. The maximum atomic E-state index is 5.52. The van der Waals surface area contributed by atoms with Gasteiger partial charge in [-0.1, -0.05) is 6.92 Å². The molecule has 1 aliphatic rings. The maximum Gasteiger partial charge on any atom is 0.218 e. The average molecular weight is 236 g/mol. The Labute approximate surface area is 102 Å². The largest absolute Gasteiger partial charge is 0.478 e. The van der Waals surface area contributed by atoms with E-state index in [9.17, 15) is 0 Å². The van der Waals surface area contributed by atoms with Crippen LogP contribution < -0.4 is 15.0 Å². The first-order valence-corrected chi connectivity index (χ1v) is 6.22. The van der Waals surface area contributed by atoms with Crippen LogP contribution in [0, 0.1) is 0 Å². The van der Waals surface area contributed by atoms with Gasteiger partial charge in [0.2, 0.25) is 5.88 Å². The fourth-order valence-corrected chi connectivity index (χ4v) is 1.93. The minimum Gasteiger partial charge on any atom is -0.478 e.